The quantitative estimate of drug-likeness (QED) is 0.626. The van der Waals surface area contributed by atoms with Gasteiger partial charge < -0.3 is 15.2 Å². The van der Waals surface area contributed by atoms with Crippen LogP contribution in [0.4, 0.5) is 5.69 Å². The summed E-state index contributed by atoms with van der Waals surface area (Å²) < 4.78 is 6.17. The van der Waals surface area contributed by atoms with E-state index in [9.17, 15) is 20.0 Å². The average Bonchev–Trinajstić information content (AvgIpc) is 2.57. The van der Waals surface area contributed by atoms with E-state index in [-0.39, 0.29) is 29.0 Å². The Morgan fingerprint density at radius 2 is 2.31 bits per heavy atom. The van der Waals surface area contributed by atoms with Gasteiger partial charge in [-0.15, -0.1) is 0 Å². The van der Waals surface area contributed by atoms with Crippen molar-refractivity contribution in [2.24, 2.45) is 0 Å². The summed E-state index contributed by atoms with van der Waals surface area (Å²) in [6.07, 6.45) is 3.96. The maximum Gasteiger partial charge on any atom is 0.310 e. The third kappa shape index (κ3) is 3.96. The predicted octanol–water partition coefficient (Wildman–Crippen LogP) is 1.95. The van der Waals surface area contributed by atoms with Gasteiger partial charge in [0, 0.05) is 32.6 Å². The zero-order valence-corrected chi connectivity index (χ0v) is 14.9. The normalized spacial score (nSPS) is 26.6. The van der Waals surface area contributed by atoms with Gasteiger partial charge in [-0.2, -0.15) is 0 Å². The van der Waals surface area contributed by atoms with Crippen molar-refractivity contribution in [1.29, 1.82) is 0 Å². The lowest BCUT2D eigenvalue weighted by Crippen LogP contribution is -2.63. The number of nitro groups is 1. The third-order valence-corrected chi connectivity index (χ3v) is 5.29. The average molecular weight is 363 g/mol. The van der Waals surface area contributed by atoms with E-state index in [1.54, 1.807) is 6.07 Å². The molecule has 2 fully saturated rings. The van der Waals surface area contributed by atoms with Crippen LogP contribution in [0.3, 0.4) is 0 Å². The zero-order valence-electron chi connectivity index (χ0n) is 14.9. The van der Waals surface area contributed by atoms with Crippen molar-refractivity contribution in [3.63, 3.8) is 0 Å². The number of nitro benzene ring substituents is 1. The number of hydrogen-bond donors (Lipinski definition) is 2. The van der Waals surface area contributed by atoms with Crippen LogP contribution in [0, 0.1) is 10.1 Å². The molecular weight excluding hydrogens is 338 g/mol. The van der Waals surface area contributed by atoms with Crippen molar-refractivity contribution < 1.29 is 19.6 Å². The van der Waals surface area contributed by atoms with E-state index in [1.165, 1.54) is 19.1 Å². The summed E-state index contributed by atoms with van der Waals surface area (Å²) >= 11 is 0. The minimum absolute atomic E-state index is 0.00168. The highest BCUT2D eigenvalue weighted by Crippen LogP contribution is 2.35. The van der Waals surface area contributed by atoms with Gasteiger partial charge in [0.05, 0.1) is 17.6 Å². The Labute approximate surface area is 152 Å². The summed E-state index contributed by atoms with van der Waals surface area (Å²) in [6, 6.07) is 4.46. The van der Waals surface area contributed by atoms with Crippen LogP contribution in [-0.2, 0) is 16.1 Å². The fraction of sp³-hybridized carbons (Fsp3) is 0.611. The number of carbonyl (C=O) groups excluding carboxylic acids is 1. The molecule has 2 N–H and O–H groups in total. The number of hydrogen-bond acceptors (Lipinski definition) is 6. The Morgan fingerprint density at radius 1 is 1.50 bits per heavy atom. The van der Waals surface area contributed by atoms with Gasteiger partial charge >= 0.3 is 5.69 Å². The summed E-state index contributed by atoms with van der Waals surface area (Å²) in [5.74, 6) is -0.360. The SMILES string of the molecule is CC(=O)N[C@@H]1CCCC[C@@]12CN(Cc1ccc([N+](=O)[O-])c(O)c1)CCO2. The van der Waals surface area contributed by atoms with Gasteiger partial charge in [0.25, 0.3) is 0 Å². The van der Waals surface area contributed by atoms with E-state index >= 15 is 0 Å². The van der Waals surface area contributed by atoms with Crippen LogP contribution in [-0.4, -0.2) is 52.2 Å². The molecule has 0 unspecified atom stereocenters. The summed E-state index contributed by atoms with van der Waals surface area (Å²) in [7, 11) is 0. The Morgan fingerprint density at radius 3 is 3.00 bits per heavy atom. The fourth-order valence-electron chi connectivity index (χ4n) is 4.12. The smallest absolute Gasteiger partial charge is 0.310 e. The van der Waals surface area contributed by atoms with Gasteiger partial charge in [-0.1, -0.05) is 18.9 Å². The van der Waals surface area contributed by atoms with Gasteiger partial charge in [0.15, 0.2) is 5.75 Å². The lowest BCUT2D eigenvalue weighted by Gasteiger charge is -2.49. The number of aromatic hydroxyl groups is 1. The number of phenolic OH excluding ortho intramolecular Hbond substituents is 1. The fourth-order valence-corrected chi connectivity index (χ4v) is 4.12. The van der Waals surface area contributed by atoms with E-state index in [4.69, 9.17) is 4.74 Å². The number of benzene rings is 1. The molecule has 142 valence electrons. The Balaban J connectivity index is 1.72. The van der Waals surface area contributed by atoms with Crippen LogP contribution in [0.5, 0.6) is 5.75 Å². The van der Waals surface area contributed by atoms with Crippen molar-refractivity contribution in [2.45, 2.75) is 50.8 Å². The minimum atomic E-state index is -0.594. The van der Waals surface area contributed by atoms with Gasteiger partial charge in [0.2, 0.25) is 5.91 Å². The van der Waals surface area contributed by atoms with E-state index < -0.39 is 4.92 Å². The van der Waals surface area contributed by atoms with Crippen LogP contribution in [0.2, 0.25) is 0 Å². The molecule has 1 amide bonds. The molecule has 1 saturated heterocycles. The van der Waals surface area contributed by atoms with E-state index in [1.807, 2.05) is 0 Å². The summed E-state index contributed by atoms with van der Waals surface area (Å²) in [5, 5.41) is 23.7. The number of nitrogens with zero attached hydrogens (tertiary/aromatic N) is 2. The van der Waals surface area contributed by atoms with Crippen molar-refractivity contribution in [3.05, 3.63) is 33.9 Å². The third-order valence-electron chi connectivity index (χ3n) is 5.29. The molecule has 0 radical (unpaired) electrons. The monoisotopic (exact) mass is 363 g/mol. The molecule has 1 aliphatic carbocycles. The Kier molecular flexibility index (Phi) is 5.43. The van der Waals surface area contributed by atoms with Gasteiger partial charge in [-0.3, -0.25) is 19.8 Å². The molecule has 8 heteroatoms. The molecule has 1 aromatic carbocycles. The highest BCUT2D eigenvalue weighted by atomic mass is 16.6. The van der Waals surface area contributed by atoms with Gasteiger partial charge in [-0.05, 0) is 24.5 Å². The van der Waals surface area contributed by atoms with Crippen LogP contribution >= 0.6 is 0 Å². The van der Waals surface area contributed by atoms with E-state index in [0.29, 0.717) is 19.7 Å². The van der Waals surface area contributed by atoms with E-state index in [2.05, 4.69) is 10.2 Å². The zero-order chi connectivity index (χ0) is 18.7. The molecule has 1 saturated carbocycles. The number of rotatable bonds is 4. The van der Waals surface area contributed by atoms with E-state index in [0.717, 1.165) is 37.8 Å². The highest BCUT2D eigenvalue weighted by molar-refractivity contribution is 5.73. The van der Waals surface area contributed by atoms with Crippen molar-refractivity contribution in [2.75, 3.05) is 19.7 Å². The Bertz CT molecular complexity index is 691. The number of carbonyl (C=O) groups is 1. The first-order valence-electron chi connectivity index (χ1n) is 8.99. The molecule has 1 spiro atoms. The molecule has 0 aromatic heterocycles. The molecule has 2 aliphatic rings. The molecule has 26 heavy (non-hydrogen) atoms. The van der Waals surface area contributed by atoms with Crippen LogP contribution < -0.4 is 5.32 Å². The molecular formula is C18H25N3O5. The molecule has 1 heterocycles. The minimum Gasteiger partial charge on any atom is -0.502 e. The van der Waals surface area contributed by atoms with Crippen LogP contribution in [0.1, 0.15) is 38.2 Å². The standard InChI is InChI=1S/C18H25N3O5/c1-13(22)19-17-4-2-3-7-18(17)12-20(8-9-26-18)11-14-5-6-15(21(24)25)16(23)10-14/h5-6,10,17,23H,2-4,7-9,11-12H2,1H3,(H,19,22)/t17-,18-/m1/s1. The number of amides is 1. The molecule has 8 nitrogen and oxygen atoms in total. The second kappa shape index (κ2) is 7.59. The molecule has 3 rings (SSSR count). The van der Waals surface area contributed by atoms with Crippen molar-refractivity contribution in [3.8, 4) is 5.75 Å². The number of ether oxygens (including phenoxy) is 1. The molecule has 2 atom stereocenters. The van der Waals surface area contributed by atoms with Crippen LogP contribution in [0.15, 0.2) is 18.2 Å². The first-order valence-corrected chi connectivity index (χ1v) is 8.99. The van der Waals surface area contributed by atoms with Crippen LogP contribution in [0.25, 0.3) is 0 Å². The molecule has 1 aliphatic heterocycles. The number of morpholine rings is 1. The first kappa shape index (κ1) is 18.6. The largest absolute Gasteiger partial charge is 0.502 e. The summed E-state index contributed by atoms with van der Waals surface area (Å²) in [4.78, 5) is 24.0. The maximum atomic E-state index is 11.6. The Hall–Kier alpha value is -2.19. The number of nitrogens with one attached hydrogen (secondary N) is 1. The highest BCUT2D eigenvalue weighted by Gasteiger charge is 2.45. The summed E-state index contributed by atoms with van der Waals surface area (Å²) in [6.45, 7) is 4.11. The van der Waals surface area contributed by atoms with Crippen molar-refractivity contribution >= 4 is 11.6 Å². The first-order chi connectivity index (χ1) is 12.4. The number of phenols is 1. The lowest BCUT2D eigenvalue weighted by molar-refractivity contribution is -0.385. The lowest BCUT2D eigenvalue weighted by atomic mass is 9.78. The molecule has 1 aromatic rings. The van der Waals surface area contributed by atoms with Crippen molar-refractivity contribution in [1.82, 2.24) is 10.2 Å². The predicted molar refractivity (Wildman–Crippen MR) is 94.8 cm³/mol. The second-order valence-electron chi connectivity index (χ2n) is 7.20. The summed E-state index contributed by atoms with van der Waals surface area (Å²) in [5.41, 5.74) is 0.146. The molecule has 0 bridgehead atoms. The second-order valence-corrected chi connectivity index (χ2v) is 7.20. The topological polar surface area (TPSA) is 105 Å². The van der Waals surface area contributed by atoms with Gasteiger partial charge in [-0.25, -0.2) is 0 Å². The van der Waals surface area contributed by atoms with Gasteiger partial charge in [0.1, 0.15) is 5.60 Å². The maximum absolute atomic E-state index is 11.6.